The van der Waals surface area contributed by atoms with Crippen LogP contribution in [0.3, 0.4) is 0 Å². The SMILES string of the molecule is NCCCNC(=O)COc1ccc(F)c(Cl)c1. The van der Waals surface area contributed by atoms with Crippen molar-refractivity contribution in [3.8, 4) is 5.75 Å². The van der Waals surface area contributed by atoms with E-state index in [9.17, 15) is 9.18 Å². The van der Waals surface area contributed by atoms with Crippen molar-refractivity contribution in [3.63, 3.8) is 0 Å². The molecule has 4 nitrogen and oxygen atoms in total. The van der Waals surface area contributed by atoms with Crippen molar-refractivity contribution in [1.82, 2.24) is 5.32 Å². The molecular weight excluding hydrogens is 247 g/mol. The first kappa shape index (κ1) is 13.7. The molecule has 0 aliphatic heterocycles. The normalized spacial score (nSPS) is 10.1. The number of hydrogen-bond donors (Lipinski definition) is 2. The van der Waals surface area contributed by atoms with Gasteiger partial charge >= 0.3 is 0 Å². The Kier molecular flexibility index (Phi) is 5.72. The zero-order valence-electron chi connectivity index (χ0n) is 9.21. The highest BCUT2D eigenvalue weighted by Gasteiger charge is 2.04. The molecule has 0 bridgehead atoms. The molecule has 0 fully saturated rings. The van der Waals surface area contributed by atoms with E-state index in [1.165, 1.54) is 18.2 Å². The Morgan fingerprint density at radius 2 is 2.29 bits per heavy atom. The maximum Gasteiger partial charge on any atom is 0.257 e. The third-order valence-electron chi connectivity index (χ3n) is 1.96. The molecule has 0 aromatic heterocycles. The van der Waals surface area contributed by atoms with Crippen molar-refractivity contribution in [1.29, 1.82) is 0 Å². The third kappa shape index (κ3) is 5.01. The number of halogens is 2. The summed E-state index contributed by atoms with van der Waals surface area (Å²) in [4.78, 5) is 11.3. The highest BCUT2D eigenvalue weighted by molar-refractivity contribution is 6.30. The number of ether oxygens (including phenoxy) is 1. The maximum absolute atomic E-state index is 12.8. The van der Waals surface area contributed by atoms with E-state index in [2.05, 4.69) is 5.32 Å². The summed E-state index contributed by atoms with van der Waals surface area (Å²) >= 11 is 5.56. The molecule has 1 rings (SSSR count). The van der Waals surface area contributed by atoms with E-state index < -0.39 is 5.82 Å². The zero-order valence-corrected chi connectivity index (χ0v) is 9.97. The van der Waals surface area contributed by atoms with Crippen LogP contribution in [0.15, 0.2) is 18.2 Å². The minimum atomic E-state index is -0.522. The van der Waals surface area contributed by atoms with E-state index in [0.29, 0.717) is 25.3 Å². The first-order valence-corrected chi connectivity index (χ1v) is 5.56. The van der Waals surface area contributed by atoms with Crippen LogP contribution in [0, 0.1) is 5.82 Å². The summed E-state index contributed by atoms with van der Waals surface area (Å²) in [5, 5.41) is 2.59. The molecule has 1 aromatic rings. The predicted octanol–water partition coefficient (Wildman–Crippen LogP) is 1.32. The molecule has 94 valence electrons. The van der Waals surface area contributed by atoms with E-state index in [4.69, 9.17) is 22.1 Å². The van der Waals surface area contributed by atoms with E-state index in [0.717, 1.165) is 0 Å². The highest BCUT2D eigenvalue weighted by atomic mass is 35.5. The number of carbonyl (C=O) groups is 1. The molecule has 0 unspecified atom stereocenters. The Hall–Kier alpha value is -1.33. The van der Waals surface area contributed by atoms with Gasteiger partial charge in [-0.1, -0.05) is 11.6 Å². The summed E-state index contributed by atoms with van der Waals surface area (Å²) < 4.78 is 18.0. The number of nitrogens with two attached hydrogens (primary N) is 1. The minimum Gasteiger partial charge on any atom is -0.484 e. The van der Waals surface area contributed by atoms with Crippen LogP contribution in [0.2, 0.25) is 5.02 Å². The summed E-state index contributed by atoms with van der Waals surface area (Å²) in [6.45, 7) is 0.907. The van der Waals surface area contributed by atoms with Crippen LogP contribution >= 0.6 is 11.6 Å². The second-order valence-electron chi connectivity index (χ2n) is 3.36. The molecule has 0 saturated heterocycles. The quantitative estimate of drug-likeness (QED) is 0.759. The largest absolute Gasteiger partial charge is 0.484 e. The van der Waals surface area contributed by atoms with Gasteiger partial charge in [-0.15, -0.1) is 0 Å². The van der Waals surface area contributed by atoms with Crippen LogP contribution in [0.1, 0.15) is 6.42 Å². The molecule has 1 amide bonds. The fraction of sp³-hybridized carbons (Fsp3) is 0.364. The first-order valence-electron chi connectivity index (χ1n) is 5.18. The second kappa shape index (κ2) is 7.09. The van der Waals surface area contributed by atoms with Gasteiger partial charge in [0, 0.05) is 12.6 Å². The number of nitrogens with one attached hydrogen (secondary N) is 1. The predicted molar refractivity (Wildman–Crippen MR) is 63.6 cm³/mol. The maximum atomic E-state index is 12.8. The van der Waals surface area contributed by atoms with Crippen molar-refractivity contribution < 1.29 is 13.9 Å². The highest BCUT2D eigenvalue weighted by Crippen LogP contribution is 2.20. The van der Waals surface area contributed by atoms with Crippen molar-refractivity contribution in [3.05, 3.63) is 29.0 Å². The third-order valence-corrected chi connectivity index (χ3v) is 2.25. The van der Waals surface area contributed by atoms with Gasteiger partial charge in [0.2, 0.25) is 0 Å². The standard InChI is InChI=1S/C11H14ClFN2O2/c12-9-6-8(2-3-10(9)13)17-7-11(16)15-5-1-4-14/h2-3,6H,1,4-5,7,14H2,(H,15,16). The average molecular weight is 261 g/mol. The van der Waals surface area contributed by atoms with E-state index >= 15 is 0 Å². The van der Waals surface area contributed by atoms with Gasteiger partial charge in [-0.05, 0) is 25.1 Å². The summed E-state index contributed by atoms with van der Waals surface area (Å²) in [5.41, 5.74) is 5.28. The average Bonchev–Trinajstić information content (AvgIpc) is 2.31. The molecule has 0 saturated carbocycles. The fourth-order valence-corrected chi connectivity index (χ4v) is 1.27. The van der Waals surface area contributed by atoms with E-state index in [1.54, 1.807) is 0 Å². The lowest BCUT2D eigenvalue weighted by Gasteiger charge is -2.07. The smallest absolute Gasteiger partial charge is 0.257 e. The topological polar surface area (TPSA) is 64.3 Å². The number of carbonyl (C=O) groups excluding carboxylic acids is 1. The Balaban J connectivity index is 2.34. The van der Waals surface area contributed by atoms with Gasteiger partial charge in [0.25, 0.3) is 5.91 Å². The van der Waals surface area contributed by atoms with Crippen LogP contribution in [0.5, 0.6) is 5.75 Å². The van der Waals surface area contributed by atoms with Crippen LogP contribution in [-0.4, -0.2) is 25.6 Å². The lowest BCUT2D eigenvalue weighted by atomic mass is 10.3. The summed E-state index contributed by atoms with van der Waals surface area (Å²) in [6, 6.07) is 3.92. The fourth-order valence-electron chi connectivity index (χ4n) is 1.10. The lowest BCUT2D eigenvalue weighted by molar-refractivity contribution is -0.123. The molecule has 17 heavy (non-hydrogen) atoms. The van der Waals surface area contributed by atoms with E-state index in [-0.39, 0.29) is 17.5 Å². The number of benzene rings is 1. The Morgan fingerprint density at radius 1 is 1.53 bits per heavy atom. The van der Waals surface area contributed by atoms with Gasteiger partial charge in [0.1, 0.15) is 11.6 Å². The summed E-state index contributed by atoms with van der Waals surface area (Å²) in [6.07, 6.45) is 0.716. The van der Waals surface area contributed by atoms with Crippen molar-refractivity contribution >= 4 is 17.5 Å². The number of hydrogen-bond acceptors (Lipinski definition) is 3. The van der Waals surface area contributed by atoms with Crippen LogP contribution in [0.4, 0.5) is 4.39 Å². The Morgan fingerprint density at radius 3 is 2.94 bits per heavy atom. The molecule has 0 atom stereocenters. The molecular formula is C11H14ClFN2O2. The Bertz CT molecular complexity index is 388. The van der Waals surface area contributed by atoms with E-state index in [1.807, 2.05) is 0 Å². The summed E-state index contributed by atoms with van der Waals surface area (Å²) in [7, 11) is 0. The molecule has 0 heterocycles. The van der Waals surface area contributed by atoms with Gasteiger partial charge in [-0.25, -0.2) is 4.39 Å². The van der Waals surface area contributed by atoms with Crippen molar-refractivity contribution in [2.75, 3.05) is 19.7 Å². The van der Waals surface area contributed by atoms with Crippen LogP contribution < -0.4 is 15.8 Å². The molecule has 0 radical (unpaired) electrons. The number of rotatable bonds is 6. The van der Waals surface area contributed by atoms with Crippen LogP contribution in [-0.2, 0) is 4.79 Å². The molecule has 0 aliphatic rings. The molecule has 3 N–H and O–H groups in total. The van der Waals surface area contributed by atoms with Crippen LogP contribution in [0.25, 0.3) is 0 Å². The number of amides is 1. The second-order valence-corrected chi connectivity index (χ2v) is 3.76. The lowest BCUT2D eigenvalue weighted by Crippen LogP contribution is -2.30. The van der Waals surface area contributed by atoms with Crippen molar-refractivity contribution in [2.24, 2.45) is 5.73 Å². The van der Waals surface area contributed by atoms with Gasteiger partial charge in [0.05, 0.1) is 5.02 Å². The zero-order chi connectivity index (χ0) is 12.7. The molecule has 0 spiro atoms. The first-order chi connectivity index (χ1) is 8.13. The molecule has 6 heteroatoms. The van der Waals surface area contributed by atoms with Gasteiger partial charge < -0.3 is 15.8 Å². The van der Waals surface area contributed by atoms with Gasteiger partial charge in [-0.2, -0.15) is 0 Å². The van der Waals surface area contributed by atoms with Crippen molar-refractivity contribution in [2.45, 2.75) is 6.42 Å². The van der Waals surface area contributed by atoms with Gasteiger partial charge in [0.15, 0.2) is 6.61 Å². The Labute approximate surface area is 104 Å². The molecule has 1 aromatic carbocycles. The minimum absolute atomic E-state index is 0.0361. The summed E-state index contributed by atoms with van der Waals surface area (Å²) in [5.74, 6) is -0.421. The monoisotopic (exact) mass is 260 g/mol. The van der Waals surface area contributed by atoms with Gasteiger partial charge in [-0.3, -0.25) is 4.79 Å². The molecule has 0 aliphatic carbocycles.